The standard InChI is InChI=1S/C17H30O2S/c1-4-6-9-12-16(3)13-10-7-8-11-14-20-15-17(18)19-5-2/h7-8,10,13,16H,4-6,9,11-12,14-15H2,1-3H3/b8-7+,13-10+. The molecule has 0 aliphatic heterocycles. The summed E-state index contributed by atoms with van der Waals surface area (Å²) >= 11 is 1.63. The highest BCUT2D eigenvalue weighted by Gasteiger charge is 1.99. The van der Waals surface area contributed by atoms with Crippen LogP contribution in [0.1, 0.15) is 52.9 Å². The molecule has 0 amide bonds. The molecule has 116 valence electrons. The van der Waals surface area contributed by atoms with Crippen LogP contribution >= 0.6 is 11.8 Å². The van der Waals surface area contributed by atoms with Crippen LogP contribution in [0.3, 0.4) is 0 Å². The van der Waals surface area contributed by atoms with E-state index in [4.69, 9.17) is 4.74 Å². The van der Waals surface area contributed by atoms with Crippen molar-refractivity contribution in [3.8, 4) is 0 Å². The summed E-state index contributed by atoms with van der Waals surface area (Å²) in [6.45, 7) is 6.82. The fourth-order valence-corrected chi connectivity index (χ4v) is 2.45. The second-order valence-electron chi connectivity index (χ2n) is 4.93. The number of ether oxygens (including phenoxy) is 1. The van der Waals surface area contributed by atoms with Gasteiger partial charge in [0.1, 0.15) is 0 Å². The molecule has 20 heavy (non-hydrogen) atoms. The van der Waals surface area contributed by atoms with E-state index >= 15 is 0 Å². The third-order valence-corrected chi connectivity index (χ3v) is 3.87. The van der Waals surface area contributed by atoms with Gasteiger partial charge in [0.25, 0.3) is 0 Å². The van der Waals surface area contributed by atoms with E-state index in [1.165, 1.54) is 25.7 Å². The molecule has 3 heteroatoms. The zero-order valence-corrected chi connectivity index (χ0v) is 14.1. The Bertz CT molecular complexity index is 285. The third-order valence-electron chi connectivity index (χ3n) is 2.90. The first-order valence-electron chi connectivity index (χ1n) is 7.77. The van der Waals surface area contributed by atoms with Gasteiger partial charge in [0.05, 0.1) is 12.4 Å². The van der Waals surface area contributed by atoms with E-state index in [0.29, 0.717) is 18.3 Å². The zero-order chi connectivity index (χ0) is 15.1. The van der Waals surface area contributed by atoms with Crippen LogP contribution in [0.25, 0.3) is 0 Å². The molecule has 0 bridgehead atoms. The fraction of sp³-hybridized carbons (Fsp3) is 0.706. The maximum atomic E-state index is 11.1. The summed E-state index contributed by atoms with van der Waals surface area (Å²) in [5.41, 5.74) is 0. The molecule has 0 rings (SSSR count). The molecule has 1 atom stereocenters. The van der Waals surface area contributed by atoms with Crippen molar-refractivity contribution >= 4 is 17.7 Å². The van der Waals surface area contributed by atoms with Crippen molar-refractivity contribution in [1.82, 2.24) is 0 Å². The topological polar surface area (TPSA) is 26.3 Å². The molecule has 0 aliphatic carbocycles. The average molecular weight is 298 g/mol. The van der Waals surface area contributed by atoms with Crippen molar-refractivity contribution in [1.29, 1.82) is 0 Å². The van der Waals surface area contributed by atoms with E-state index in [1.807, 2.05) is 6.92 Å². The summed E-state index contributed by atoms with van der Waals surface area (Å²) in [4.78, 5) is 11.1. The highest BCUT2D eigenvalue weighted by atomic mass is 32.2. The second kappa shape index (κ2) is 14.7. The Balaban J connectivity index is 3.48. The minimum Gasteiger partial charge on any atom is -0.465 e. The van der Waals surface area contributed by atoms with E-state index in [0.717, 1.165) is 12.2 Å². The second-order valence-corrected chi connectivity index (χ2v) is 6.04. The van der Waals surface area contributed by atoms with Crippen LogP contribution < -0.4 is 0 Å². The Morgan fingerprint density at radius 1 is 1.25 bits per heavy atom. The summed E-state index contributed by atoms with van der Waals surface area (Å²) in [5.74, 6) is 1.99. The van der Waals surface area contributed by atoms with E-state index in [1.54, 1.807) is 11.8 Å². The SMILES string of the molecule is CCCCCC(C)/C=C/C=C/CCSCC(=O)OCC. The lowest BCUT2D eigenvalue weighted by atomic mass is 10.0. The van der Waals surface area contributed by atoms with Crippen LogP contribution in [0.5, 0.6) is 0 Å². The first-order chi connectivity index (χ1) is 9.70. The molecule has 1 unspecified atom stereocenters. The molecule has 0 saturated heterocycles. The van der Waals surface area contributed by atoms with Gasteiger partial charge >= 0.3 is 5.97 Å². The Labute approximate surface area is 129 Å². The smallest absolute Gasteiger partial charge is 0.315 e. The normalized spacial score (nSPS) is 13.2. The summed E-state index contributed by atoms with van der Waals surface area (Å²) in [7, 11) is 0. The number of carbonyl (C=O) groups excluding carboxylic acids is 1. The molecule has 0 aromatic rings. The van der Waals surface area contributed by atoms with Crippen molar-refractivity contribution in [2.24, 2.45) is 5.92 Å². The summed E-state index contributed by atoms with van der Waals surface area (Å²) in [6, 6.07) is 0. The van der Waals surface area contributed by atoms with E-state index in [2.05, 4.69) is 38.2 Å². The molecule has 2 nitrogen and oxygen atoms in total. The molecule has 0 aliphatic rings. The minimum absolute atomic E-state index is 0.109. The van der Waals surface area contributed by atoms with Crippen molar-refractivity contribution in [3.63, 3.8) is 0 Å². The minimum atomic E-state index is -0.109. The van der Waals surface area contributed by atoms with Crippen LogP contribution in [0.4, 0.5) is 0 Å². The van der Waals surface area contributed by atoms with Gasteiger partial charge in [-0.05, 0) is 31.4 Å². The van der Waals surface area contributed by atoms with Crippen molar-refractivity contribution < 1.29 is 9.53 Å². The van der Waals surface area contributed by atoms with Crippen LogP contribution in [0.2, 0.25) is 0 Å². The molecule has 0 aromatic carbocycles. The van der Waals surface area contributed by atoms with Crippen LogP contribution in [0.15, 0.2) is 24.3 Å². The number of hydrogen-bond acceptors (Lipinski definition) is 3. The van der Waals surface area contributed by atoms with Crippen molar-refractivity contribution in [2.75, 3.05) is 18.1 Å². The summed E-state index contributed by atoms with van der Waals surface area (Å²) in [6.07, 6.45) is 14.9. The number of esters is 1. The first kappa shape index (κ1) is 19.3. The number of carbonyl (C=O) groups is 1. The highest BCUT2D eigenvalue weighted by Crippen LogP contribution is 2.10. The number of unbranched alkanes of at least 4 members (excludes halogenated alkanes) is 2. The Morgan fingerprint density at radius 3 is 2.75 bits per heavy atom. The molecule has 0 spiro atoms. The molecular weight excluding hydrogens is 268 g/mol. The van der Waals surface area contributed by atoms with Crippen molar-refractivity contribution in [3.05, 3.63) is 24.3 Å². The molecule has 0 heterocycles. The number of rotatable bonds is 12. The largest absolute Gasteiger partial charge is 0.465 e. The van der Waals surface area contributed by atoms with E-state index in [-0.39, 0.29) is 5.97 Å². The van der Waals surface area contributed by atoms with Gasteiger partial charge in [-0.2, -0.15) is 0 Å². The molecule has 0 aromatic heterocycles. The Hall–Kier alpha value is -0.700. The van der Waals surface area contributed by atoms with Crippen LogP contribution in [0, 0.1) is 5.92 Å². The number of thioether (sulfide) groups is 1. The lowest BCUT2D eigenvalue weighted by Crippen LogP contribution is -2.06. The van der Waals surface area contributed by atoms with E-state index in [9.17, 15) is 4.79 Å². The molecule has 0 fully saturated rings. The average Bonchev–Trinajstić information content (AvgIpc) is 2.42. The van der Waals surface area contributed by atoms with Crippen LogP contribution in [-0.4, -0.2) is 24.1 Å². The van der Waals surface area contributed by atoms with Gasteiger partial charge in [-0.25, -0.2) is 0 Å². The predicted octanol–water partition coefficient (Wildman–Crippen LogP) is 5.00. The van der Waals surface area contributed by atoms with Gasteiger partial charge in [-0.1, -0.05) is 57.4 Å². The van der Waals surface area contributed by atoms with Crippen LogP contribution in [-0.2, 0) is 9.53 Å². The highest BCUT2D eigenvalue weighted by molar-refractivity contribution is 7.99. The summed E-state index contributed by atoms with van der Waals surface area (Å²) in [5, 5.41) is 0. The maximum absolute atomic E-state index is 11.1. The maximum Gasteiger partial charge on any atom is 0.315 e. The lowest BCUT2D eigenvalue weighted by molar-refractivity contribution is -0.139. The Morgan fingerprint density at radius 2 is 2.05 bits per heavy atom. The van der Waals surface area contributed by atoms with Gasteiger partial charge in [-0.3, -0.25) is 4.79 Å². The molecule has 0 N–H and O–H groups in total. The van der Waals surface area contributed by atoms with Gasteiger partial charge in [0.2, 0.25) is 0 Å². The quantitative estimate of drug-likeness (QED) is 0.288. The predicted molar refractivity (Wildman–Crippen MR) is 90.2 cm³/mol. The number of hydrogen-bond donors (Lipinski definition) is 0. The third kappa shape index (κ3) is 13.7. The zero-order valence-electron chi connectivity index (χ0n) is 13.3. The molecular formula is C17H30O2S. The van der Waals surface area contributed by atoms with Gasteiger partial charge in [-0.15, -0.1) is 11.8 Å². The monoisotopic (exact) mass is 298 g/mol. The fourth-order valence-electron chi connectivity index (χ4n) is 1.75. The molecule has 0 saturated carbocycles. The summed E-state index contributed by atoms with van der Waals surface area (Å²) < 4.78 is 4.86. The van der Waals surface area contributed by atoms with E-state index < -0.39 is 0 Å². The lowest BCUT2D eigenvalue weighted by Gasteiger charge is -2.03. The van der Waals surface area contributed by atoms with Gasteiger partial charge in [0, 0.05) is 0 Å². The van der Waals surface area contributed by atoms with Gasteiger partial charge < -0.3 is 4.74 Å². The number of allylic oxidation sites excluding steroid dienone is 4. The molecule has 0 radical (unpaired) electrons. The Kier molecular flexibility index (Phi) is 14.2. The van der Waals surface area contributed by atoms with Crippen molar-refractivity contribution in [2.45, 2.75) is 52.9 Å². The van der Waals surface area contributed by atoms with Gasteiger partial charge in [0.15, 0.2) is 0 Å². The first-order valence-corrected chi connectivity index (χ1v) is 8.92.